The maximum absolute atomic E-state index is 11.8. The summed E-state index contributed by atoms with van der Waals surface area (Å²) in [4.78, 5) is 23.2. The second kappa shape index (κ2) is 6.05. The fourth-order valence-corrected chi connectivity index (χ4v) is 2.28. The second-order valence-electron chi connectivity index (χ2n) is 4.62. The second-order valence-corrected chi connectivity index (χ2v) is 5.61. The number of rotatable bonds is 6. The smallest absolute Gasteiger partial charge is 0.230 e. The highest BCUT2D eigenvalue weighted by atomic mass is 32.2. The Morgan fingerprint density at radius 2 is 1.89 bits per heavy atom. The van der Waals surface area contributed by atoms with E-state index in [4.69, 9.17) is 0 Å². The number of ketones is 1. The SMILES string of the molecule is Cc1ccc(C(=O)CSCC(=O)NC2CC2)cc1. The van der Waals surface area contributed by atoms with E-state index in [1.54, 1.807) is 0 Å². The third kappa shape index (κ3) is 4.18. The molecular formula is C14H17NO2S. The number of hydrogen-bond acceptors (Lipinski definition) is 3. The molecule has 0 aliphatic heterocycles. The molecular weight excluding hydrogens is 246 g/mol. The van der Waals surface area contributed by atoms with E-state index in [0.717, 1.165) is 24.0 Å². The minimum atomic E-state index is 0.0409. The summed E-state index contributed by atoms with van der Waals surface area (Å²) in [6, 6.07) is 7.92. The first-order chi connectivity index (χ1) is 8.65. The summed E-state index contributed by atoms with van der Waals surface area (Å²) >= 11 is 1.38. The van der Waals surface area contributed by atoms with Crippen molar-refractivity contribution in [3.8, 4) is 0 Å². The minimum absolute atomic E-state index is 0.0409. The van der Waals surface area contributed by atoms with Crippen molar-refractivity contribution < 1.29 is 9.59 Å². The van der Waals surface area contributed by atoms with Gasteiger partial charge >= 0.3 is 0 Å². The summed E-state index contributed by atoms with van der Waals surface area (Å²) < 4.78 is 0. The van der Waals surface area contributed by atoms with Crippen LogP contribution in [0.4, 0.5) is 0 Å². The minimum Gasteiger partial charge on any atom is -0.353 e. The maximum Gasteiger partial charge on any atom is 0.230 e. The fourth-order valence-electron chi connectivity index (χ4n) is 1.56. The zero-order chi connectivity index (χ0) is 13.0. The van der Waals surface area contributed by atoms with Crippen molar-refractivity contribution in [2.24, 2.45) is 0 Å². The van der Waals surface area contributed by atoms with Crippen molar-refractivity contribution in [1.82, 2.24) is 5.32 Å². The molecule has 0 heterocycles. The van der Waals surface area contributed by atoms with Crippen LogP contribution in [0.2, 0.25) is 0 Å². The number of carbonyl (C=O) groups excluding carboxylic acids is 2. The van der Waals surface area contributed by atoms with Crippen LogP contribution in [0.25, 0.3) is 0 Å². The van der Waals surface area contributed by atoms with Crippen LogP contribution in [0.3, 0.4) is 0 Å². The van der Waals surface area contributed by atoms with Gasteiger partial charge in [-0.15, -0.1) is 11.8 Å². The van der Waals surface area contributed by atoms with Gasteiger partial charge in [0.2, 0.25) is 5.91 Å². The molecule has 1 N–H and O–H groups in total. The van der Waals surface area contributed by atoms with Gasteiger partial charge in [0, 0.05) is 11.6 Å². The van der Waals surface area contributed by atoms with E-state index in [0.29, 0.717) is 17.5 Å². The van der Waals surface area contributed by atoms with Crippen molar-refractivity contribution in [1.29, 1.82) is 0 Å². The van der Waals surface area contributed by atoms with Gasteiger partial charge in [-0.3, -0.25) is 9.59 Å². The zero-order valence-electron chi connectivity index (χ0n) is 10.4. The van der Waals surface area contributed by atoms with Crippen LogP contribution >= 0.6 is 11.8 Å². The first kappa shape index (κ1) is 13.1. The van der Waals surface area contributed by atoms with Gasteiger partial charge in [0.1, 0.15) is 0 Å². The molecule has 1 aliphatic carbocycles. The van der Waals surface area contributed by atoms with Gasteiger partial charge in [0.25, 0.3) is 0 Å². The number of Topliss-reactive ketones (excluding diaryl/α,β-unsaturated/α-hetero) is 1. The van der Waals surface area contributed by atoms with Crippen LogP contribution in [0.1, 0.15) is 28.8 Å². The lowest BCUT2D eigenvalue weighted by Crippen LogP contribution is -2.27. The van der Waals surface area contributed by atoms with E-state index in [-0.39, 0.29) is 11.7 Å². The van der Waals surface area contributed by atoms with Crippen LogP contribution < -0.4 is 5.32 Å². The average molecular weight is 263 g/mol. The Morgan fingerprint density at radius 3 is 2.50 bits per heavy atom. The number of carbonyl (C=O) groups is 2. The molecule has 0 bridgehead atoms. The molecule has 4 heteroatoms. The molecule has 1 aromatic carbocycles. The third-order valence-corrected chi connectivity index (χ3v) is 3.71. The van der Waals surface area contributed by atoms with E-state index < -0.39 is 0 Å². The van der Waals surface area contributed by atoms with Crippen molar-refractivity contribution in [2.45, 2.75) is 25.8 Å². The first-order valence-electron chi connectivity index (χ1n) is 6.12. The predicted molar refractivity (Wildman–Crippen MR) is 74.0 cm³/mol. The zero-order valence-corrected chi connectivity index (χ0v) is 11.3. The summed E-state index contributed by atoms with van der Waals surface area (Å²) in [6.07, 6.45) is 2.19. The van der Waals surface area contributed by atoms with E-state index in [1.165, 1.54) is 11.8 Å². The molecule has 1 amide bonds. The fraction of sp³-hybridized carbons (Fsp3) is 0.429. The molecule has 0 unspecified atom stereocenters. The van der Waals surface area contributed by atoms with Crippen LogP contribution in [0, 0.1) is 6.92 Å². The van der Waals surface area contributed by atoms with Gasteiger partial charge in [-0.2, -0.15) is 0 Å². The monoisotopic (exact) mass is 263 g/mol. The molecule has 1 aliphatic rings. The van der Waals surface area contributed by atoms with E-state index in [1.807, 2.05) is 31.2 Å². The van der Waals surface area contributed by atoms with Gasteiger partial charge < -0.3 is 5.32 Å². The van der Waals surface area contributed by atoms with Gasteiger partial charge in [0.05, 0.1) is 11.5 Å². The highest BCUT2D eigenvalue weighted by Gasteiger charge is 2.22. The number of benzene rings is 1. The van der Waals surface area contributed by atoms with E-state index >= 15 is 0 Å². The lowest BCUT2D eigenvalue weighted by Gasteiger charge is -2.03. The van der Waals surface area contributed by atoms with Crippen LogP contribution in [-0.4, -0.2) is 29.2 Å². The topological polar surface area (TPSA) is 46.2 Å². The lowest BCUT2D eigenvalue weighted by atomic mass is 10.1. The molecule has 0 aromatic heterocycles. The van der Waals surface area contributed by atoms with Crippen LogP contribution in [-0.2, 0) is 4.79 Å². The molecule has 0 radical (unpaired) electrons. The summed E-state index contributed by atoms with van der Waals surface area (Å²) in [5.41, 5.74) is 1.86. The lowest BCUT2D eigenvalue weighted by molar-refractivity contribution is -0.118. The molecule has 18 heavy (non-hydrogen) atoms. The average Bonchev–Trinajstić information content (AvgIpc) is 3.13. The van der Waals surface area contributed by atoms with Crippen molar-refractivity contribution in [3.63, 3.8) is 0 Å². The van der Waals surface area contributed by atoms with Gasteiger partial charge in [-0.1, -0.05) is 29.8 Å². The number of aryl methyl sites for hydroxylation is 1. The quantitative estimate of drug-likeness (QED) is 0.800. The Labute approximate surface area is 111 Å². The number of thioether (sulfide) groups is 1. The highest BCUT2D eigenvalue weighted by Crippen LogP contribution is 2.18. The number of amides is 1. The van der Waals surface area contributed by atoms with Gasteiger partial charge in [0.15, 0.2) is 5.78 Å². The highest BCUT2D eigenvalue weighted by molar-refractivity contribution is 8.00. The molecule has 1 fully saturated rings. The number of nitrogens with one attached hydrogen (secondary N) is 1. The number of hydrogen-bond donors (Lipinski definition) is 1. The molecule has 96 valence electrons. The first-order valence-corrected chi connectivity index (χ1v) is 7.27. The summed E-state index contributed by atoms with van der Waals surface area (Å²) in [5, 5.41) is 2.90. The normalized spacial score (nSPS) is 14.3. The van der Waals surface area contributed by atoms with Gasteiger partial charge in [-0.25, -0.2) is 0 Å². The molecule has 2 rings (SSSR count). The molecule has 1 aromatic rings. The summed E-state index contributed by atoms with van der Waals surface area (Å²) in [6.45, 7) is 1.99. The Kier molecular flexibility index (Phi) is 4.42. The molecule has 0 saturated heterocycles. The summed E-state index contributed by atoms with van der Waals surface area (Å²) in [7, 11) is 0. The standard InChI is InChI=1S/C14H17NO2S/c1-10-2-4-11(5-3-10)13(16)8-18-9-14(17)15-12-6-7-12/h2-5,12H,6-9H2,1H3,(H,15,17). The van der Waals surface area contributed by atoms with E-state index in [2.05, 4.69) is 5.32 Å². The Balaban J connectivity index is 1.70. The van der Waals surface area contributed by atoms with Gasteiger partial charge in [-0.05, 0) is 19.8 Å². The molecule has 3 nitrogen and oxygen atoms in total. The Hall–Kier alpha value is -1.29. The van der Waals surface area contributed by atoms with Crippen LogP contribution in [0.5, 0.6) is 0 Å². The Morgan fingerprint density at radius 1 is 1.22 bits per heavy atom. The molecule has 1 saturated carbocycles. The largest absolute Gasteiger partial charge is 0.353 e. The summed E-state index contributed by atoms with van der Waals surface area (Å²) in [5.74, 6) is 0.855. The molecule has 0 spiro atoms. The van der Waals surface area contributed by atoms with Crippen molar-refractivity contribution in [2.75, 3.05) is 11.5 Å². The Bertz CT molecular complexity index is 438. The maximum atomic E-state index is 11.8. The van der Waals surface area contributed by atoms with Crippen molar-refractivity contribution in [3.05, 3.63) is 35.4 Å². The van der Waals surface area contributed by atoms with Crippen LogP contribution in [0.15, 0.2) is 24.3 Å². The molecule has 0 atom stereocenters. The third-order valence-electron chi connectivity index (χ3n) is 2.78. The van der Waals surface area contributed by atoms with E-state index in [9.17, 15) is 9.59 Å². The predicted octanol–water partition coefficient (Wildman–Crippen LogP) is 2.19. The van der Waals surface area contributed by atoms with Crippen molar-refractivity contribution >= 4 is 23.5 Å².